The van der Waals surface area contributed by atoms with Gasteiger partial charge < -0.3 is 5.73 Å². The Hall–Kier alpha value is -0.590. The lowest BCUT2D eigenvalue weighted by molar-refractivity contribution is 0.390. The van der Waals surface area contributed by atoms with Crippen LogP contribution in [0.3, 0.4) is 0 Å². The van der Waals surface area contributed by atoms with Crippen molar-refractivity contribution >= 4 is 31.6 Å². The first-order chi connectivity index (χ1) is 8.95. The highest BCUT2D eigenvalue weighted by Crippen LogP contribution is 2.45. The molecule has 3 atom stereocenters. The smallest absolute Gasteiger partial charge is 0.242 e. The molecule has 0 aromatic heterocycles. The van der Waals surface area contributed by atoms with Crippen LogP contribution in [0.25, 0.3) is 0 Å². The minimum Gasteiger partial charge on any atom is -0.398 e. The van der Waals surface area contributed by atoms with Gasteiger partial charge in [0.2, 0.25) is 10.0 Å². The van der Waals surface area contributed by atoms with Gasteiger partial charge in [0.25, 0.3) is 0 Å². The van der Waals surface area contributed by atoms with Crippen molar-refractivity contribution in [2.45, 2.75) is 36.6 Å². The molecular formula is C13H17BrN2O2S. The number of nitrogens with two attached hydrogens (primary N) is 1. The molecule has 104 valence electrons. The molecule has 0 heterocycles. The van der Waals surface area contributed by atoms with Crippen molar-refractivity contribution in [2.75, 3.05) is 5.73 Å². The molecule has 0 amide bonds. The Morgan fingerprint density at radius 2 is 2.05 bits per heavy atom. The molecular weight excluding hydrogens is 328 g/mol. The molecule has 3 N–H and O–H groups in total. The average Bonchev–Trinajstić information content (AvgIpc) is 2.93. The zero-order valence-corrected chi connectivity index (χ0v) is 12.9. The van der Waals surface area contributed by atoms with Gasteiger partial charge in [-0.1, -0.05) is 22.4 Å². The molecule has 2 bridgehead atoms. The number of rotatable bonds is 3. The molecule has 2 saturated carbocycles. The summed E-state index contributed by atoms with van der Waals surface area (Å²) >= 11 is 3.29. The zero-order valence-electron chi connectivity index (χ0n) is 10.5. The summed E-state index contributed by atoms with van der Waals surface area (Å²) in [6, 6.07) is 5.00. The van der Waals surface area contributed by atoms with Gasteiger partial charge in [-0.15, -0.1) is 0 Å². The number of benzene rings is 1. The van der Waals surface area contributed by atoms with Crippen LogP contribution >= 0.6 is 15.9 Å². The molecule has 1 aromatic carbocycles. The molecule has 0 radical (unpaired) electrons. The Morgan fingerprint density at radius 3 is 2.68 bits per heavy atom. The number of fused-ring (bicyclic) bond motifs is 2. The van der Waals surface area contributed by atoms with Gasteiger partial charge in [-0.05, 0) is 49.3 Å². The second-order valence-electron chi connectivity index (χ2n) is 5.58. The second kappa shape index (κ2) is 4.75. The SMILES string of the molecule is Nc1ccc(Br)cc1S(=O)(=O)NC1CC2CCC1C2. The lowest BCUT2D eigenvalue weighted by Crippen LogP contribution is -2.38. The third-order valence-corrected chi connectivity index (χ3v) is 6.35. The average molecular weight is 345 g/mol. The third-order valence-electron chi connectivity index (χ3n) is 4.31. The van der Waals surface area contributed by atoms with E-state index in [-0.39, 0.29) is 10.9 Å². The largest absolute Gasteiger partial charge is 0.398 e. The summed E-state index contributed by atoms with van der Waals surface area (Å²) < 4.78 is 28.4. The summed E-state index contributed by atoms with van der Waals surface area (Å²) in [5, 5.41) is 0. The molecule has 2 aliphatic rings. The van der Waals surface area contributed by atoms with Crippen LogP contribution < -0.4 is 10.5 Å². The van der Waals surface area contributed by atoms with E-state index in [2.05, 4.69) is 20.7 Å². The normalized spacial score (nSPS) is 29.8. The van der Waals surface area contributed by atoms with E-state index >= 15 is 0 Å². The van der Waals surface area contributed by atoms with E-state index in [0.29, 0.717) is 17.5 Å². The number of nitrogens with one attached hydrogen (secondary N) is 1. The van der Waals surface area contributed by atoms with Crippen molar-refractivity contribution < 1.29 is 8.42 Å². The van der Waals surface area contributed by atoms with Gasteiger partial charge in [-0.3, -0.25) is 0 Å². The molecule has 1 aromatic rings. The van der Waals surface area contributed by atoms with Crippen molar-refractivity contribution in [2.24, 2.45) is 11.8 Å². The molecule has 4 nitrogen and oxygen atoms in total. The van der Waals surface area contributed by atoms with E-state index in [1.165, 1.54) is 12.8 Å². The first kappa shape index (κ1) is 13.4. The fraction of sp³-hybridized carbons (Fsp3) is 0.538. The number of hydrogen-bond acceptors (Lipinski definition) is 3. The zero-order chi connectivity index (χ0) is 13.6. The van der Waals surface area contributed by atoms with Crippen LogP contribution in [-0.4, -0.2) is 14.5 Å². The van der Waals surface area contributed by atoms with E-state index in [1.54, 1.807) is 18.2 Å². The third kappa shape index (κ3) is 2.53. The van der Waals surface area contributed by atoms with Crippen LogP contribution in [0.1, 0.15) is 25.7 Å². The quantitative estimate of drug-likeness (QED) is 0.827. The predicted octanol–water partition coefficient (Wildman–Crippen LogP) is 2.50. The van der Waals surface area contributed by atoms with Gasteiger partial charge >= 0.3 is 0 Å². The topological polar surface area (TPSA) is 72.2 Å². The molecule has 0 spiro atoms. The number of nitrogen functional groups attached to an aromatic ring is 1. The van der Waals surface area contributed by atoms with Crippen LogP contribution in [0, 0.1) is 11.8 Å². The molecule has 2 fully saturated rings. The molecule has 2 aliphatic carbocycles. The van der Waals surface area contributed by atoms with Crippen LogP contribution in [0.4, 0.5) is 5.69 Å². The number of sulfonamides is 1. The van der Waals surface area contributed by atoms with Gasteiger partial charge in [0.1, 0.15) is 4.90 Å². The van der Waals surface area contributed by atoms with Gasteiger partial charge in [0, 0.05) is 10.5 Å². The van der Waals surface area contributed by atoms with Crippen LogP contribution in [0.15, 0.2) is 27.6 Å². The van der Waals surface area contributed by atoms with Crippen molar-refractivity contribution in [3.63, 3.8) is 0 Å². The fourth-order valence-corrected chi connectivity index (χ4v) is 5.38. The number of halogens is 1. The lowest BCUT2D eigenvalue weighted by Gasteiger charge is -2.23. The minimum absolute atomic E-state index is 0.0853. The highest BCUT2D eigenvalue weighted by Gasteiger charge is 2.41. The molecule has 0 aliphatic heterocycles. The summed E-state index contributed by atoms with van der Waals surface area (Å²) in [5.74, 6) is 1.21. The van der Waals surface area contributed by atoms with Crippen molar-refractivity contribution in [1.29, 1.82) is 0 Å². The van der Waals surface area contributed by atoms with E-state index in [4.69, 9.17) is 5.73 Å². The maximum Gasteiger partial charge on any atom is 0.242 e. The fourth-order valence-electron chi connectivity index (χ4n) is 3.39. The number of hydrogen-bond donors (Lipinski definition) is 2. The van der Waals surface area contributed by atoms with Gasteiger partial charge in [0.15, 0.2) is 0 Å². The van der Waals surface area contributed by atoms with E-state index in [0.717, 1.165) is 17.3 Å². The summed E-state index contributed by atoms with van der Waals surface area (Å²) in [6.07, 6.45) is 4.53. The molecule has 3 rings (SSSR count). The van der Waals surface area contributed by atoms with Crippen molar-refractivity contribution in [3.8, 4) is 0 Å². The Bertz CT molecular complexity index is 603. The summed E-state index contributed by atoms with van der Waals surface area (Å²) in [6.45, 7) is 0. The van der Waals surface area contributed by atoms with Crippen molar-refractivity contribution in [1.82, 2.24) is 4.72 Å². The Labute approximate surface area is 121 Å². The van der Waals surface area contributed by atoms with E-state index in [1.807, 2.05) is 0 Å². The van der Waals surface area contributed by atoms with E-state index < -0.39 is 10.0 Å². The van der Waals surface area contributed by atoms with Crippen LogP contribution in [-0.2, 0) is 10.0 Å². The molecule has 0 saturated heterocycles. The first-order valence-corrected chi connectivity index (χ1v) is 8.80. The minimum atomic E-state index is -3.52. The van der Waals surface area contributed by atoms with Crippen molar-refractivity contribution in [3.05, 3.63) is 22.7 Å². The number of anilines is 1. The lowest BCUT2D eigenvalue weighted by atomic mass is 9.96. The Balaban J connectivity index is 1.85. The second-order valence-corrected chi connectivity index (χ2v) is 8.18. The molecule has 6 heteroatoms. The van der Waals surface area contributed by atoms with Crippen LogP contribution in [0.2, 0.25) is 0 Å². The maximum atomic E-state index is 12.4. The van der Waals surface area contributed by atoms with Gasteiger partial charge in [-0.25, -0.2) is 13.1 Å². The first-order valence-electron chi connectivity index (χ1n) is 6.53. The Morgan fingerprint density at radius 1 is 1.26 bits per heavy atom. The van der Waals surface area contributed by atoms with Crippen LogP contribution in [0.5, 0.6) is 0 Å². The molecule has 3 unspecified atom stereocenters. The summed E-state index contributed by atoms with van der Waals surface area (Å²) in [5.41, 5.74) is 6.08. The monoisotopic (exact) mass is 344 g/mol. The standard InChI is InChI=1S/C13H17BrN2O2S/c14-10-3-4-11(15)13(7-10)19(17,18)16-12-6-8-1-2-9(12)5-8/h3-4,7-9,12,16H,1-2,5-6,15H2. The summed E-state index contributed by atoms with van der Waals surface area (Å²) in [4.78, 5) is 0.171. The molecule has 19 heavy (non-hydrogen) atoms. The maximum absolute atomic E-state index is 12.4. The van der Waals surface area contributed by atoms with Gasteiger partial charge in [-0.2, -0.15) is 0 Å². The Kier molecular flexibility index (Phi) is 3.35. The van der Waals surface area contributed by atoms with E-state index in [9.17, 15) is 8.42 Å². The highest BCUT2D eigenvalue weighted by molar-refractivity contribution is 9.10. The highest BCUT2D eigenvalue weighted by atomic mass is 79.9. The summed E-state index contributed by atoms with van der Waals surface area (Å²) in [7, 11) is -3.52. The predicted molar refractivity (Wildman–Crippen MR) is 78.1 cm³/mol. The van der Waals surface area contributed by atoms with Gasteiger partial charge in [0.05, 0.1) is 5.69 Å².